The molecule has 4 rings (SSSR count). The van der Waals surface area contributed by atoms with Crippen LogP contribution in [0.15, 0.2) is 60.9 Å². The zero-order valence-corrected chi connectivity index (χ0v) is 16.9. The number of ketones is 1. The van der Waals surface area contributed by atoms with Crippen LogP contribution in [0, 0.1) is 14.9 Å². The number of nitriles is 1. The van der Waals surface area contributed by atoms with Crippen molar-refractivity contribution in [1.82, 2.24) is 4.98 Å². The number of nitrogens with zero attached hydrogens (tertiary/aromatic N) is 2. The van der Waals surface area contributed by atoms with Crippen LogP contribution in [0.4, 0.5) is 0 Å². The van der Waals surface area contributed by atoms with Gasteiger partial charge >= 0.3 is 0 Å². The van der Waals surface area contributed by atoms with Gasteiger partial charge in [-0.3, -0.25) is 9.78 Å². The Kier molecular flexibility index (Phi) is 5.26. The van der Waals surface area contributed by atoms with Gasteiger partial charge in [0, 0.05) is 18.8 Å². The van der Waals surface area contributed by atoms with Crippen molar-refractivity contribution in [2.75, 3.05) is 6.61 Å². The molecule has 138 valence electrons. The second-order valence-corrected chi connectivity index (χ2v) is 7.37. The number of carbonyl (C=O) groups excluding carboxylic acids is 1. The standard InChI is InChI=1S/C22H15IN2O3/c23-20-19(6-5-17-18(26)9-12-27-22(17)20)28-21(16-7-10-25-11-8-16)15-3-1-14(13-24)2-4-15/h1-8,10-11,21H,9,12H2. The molecule has 0 saturated heterocycles. The van der Waals surface area contributed by atoms with Crippen LogP contribution in [0.1, 0.15) is 39.6 Å². The smallest absolute Gasteiger partial charge is 0.170 e. The lowest BCUT2D eigenvalue weighted by atomic mass is 10.0. The van der Waals surface area contributed by atoms with Crippen LogP contribution in [0.5, 0.6) is 11.5 Å². The van der Waals surface area contributed by atoms with Crippen molar-refractivity contribution in [3.63, 3.8) is 0 Å². The Labute approximate surface area is 176 Å². The number of carbonyl (C=O) groups is 1. The fraction of sp³-hybridized carbons (Fsp3) is 0.136. The second kappa shape index (κ2) is 7.98. The molecule has 0 bridgehead atoms. The summed E-state index contributed by atoms with van der Waals surface area (Å²) in [6.45, 7) is 0.384. The predicted octanol–water partition coefficient (Wildman–Crippen LogP) is 4.69. The molecule has 1 aromatic heterocycles. The monoisotopic (exact) mass is 482 g/mol. The van der Waals surface area contributed by atoms with Crippen LogP contribution in [0.25, 0.3) is 0 Å². The highest BCUT2D eigenvalue weighted by atomic mass is 127. The van der Waals surface area contributed by atoms with Crippen LogP contribution in [0.2, 0.25) is 0 Å². The van der Waals surface area contributed by atoms with Gasteiger partial charge in [0.1, 0.15) is 17.6 Å². The highest BCUT2D eigenvalue weighted by Crippen LogP contribution is 2.39. The summed E-state index contributed by atoms with van der Waals surface area (Å²) < 4.78 is 12.9. The van der Waals surface area contributed by atoms with Crippen molar-refractivity contribution < 1.29 is 14.3 Å². The number of ether oxygens (including phenoxy) is 2. The lowest BCUT2D eigenvalue weighted by Gasteiger charge is -2.24. The minimum atomic E-state index is -0.387. The minimum Gasteiger partial charge on any atom is -0.491 e. The van der Waals surface area contributed by atoms with Crippen LogP contribution < -0.4 is 9.47 Å². The SMILES string of the molecule is N#Cc1ccc(C(Oc2ccc3c(c2I)OCCC3=O)c2ccncc2)cc1. The molecule has 2 aromatic carbocycles. The maximum Gasteiger partial charge on any atom is 0.170 e. The van der Waals surface area contributed by atoms with Gasteiger partial charge in [-0.2, -0.15) is 5.26 Å². The van der Waals surface area contributed by atoms with Gasteiger partial charge in [-0.15, -0.1) is 0 Å². The Balaban J connectivity index is 1.74. The number of Topliss-reactive ketones (excluding diaryl/α,β-unsaturated/α-hetero) is 1. The third kappa shape index (κ3) is 3.58. The van der Waals surface area contributed by atoms with Crippen LogP contribution >= 0.6 is 22.6 Å². The van der Waals surface area contributed by atoms with E-state index in [-0.39, 0.29) is 11.9 Å². The Morgan fingerprint density at radius 1 is 1.07 bits per heavy atom. The number of hydrogen-bond acceptors (Lipinski definition) is 5. The molecular weight excluding hydrogens is 467 g/mol. The van der Waals surface area contributed by atoms with E-state index in [1.165, 1.54) is 0 Å². The average Bonchev–Trinajstić information content (AvgIpc) is 2.75. The van der Waals surface area contributed by atoms with Crippen LogP contribution in [-0.2, 0) is 0 Å². The third-order valence-corrected chi connectivity index (χ3v) is 5.56. The van der Waals surface area contributed by atoms with Gasteiger partial charge < -0.3 is 9.47 Å². The van der Waals surface area contributed by atoms with E-state index >= 15 is 0 Å². The number of aromatic nitrogens is 1. The summed E-state index contributed by atoms with van der Waals surface area (Å²) in [7, 11) is 0. The van der Waals surface area contributed by atoms with Gasteiger partial charge in [-0.05, 0) is 70.1 Å². The maximum atomic E-state index is 12.1. The molecule has 1 unspecified atom stereocenters. The Morgan fingerprint density at radius 3 is 2.50 bits per heavy atom. The Morgan fingerprint density at radius 2 is 1.79 bits per heavy atom. The molecule has 0 amide bonds. The summed E-state index contributed by atoms with van der Waals surface area (Å²) in [5.41, 5.74) is 3.04. The second-order valence-electron chi connectivity index (χ2n) is 6.29. The van der Waals surface area contributed by atoms with E-state index in [0.29, 0.717) is 35.7 Å². The van der Waals surface area contributed by atoms with Crippen LogP contribution in [-0.4, -0.2) is 17.4 Å². The van der Waals surface area contributed by atoms with Gasteiger partial charge in [0.25, 0.3) is 0 Å². The lowest BCUT2D eigenvalue weighted by Crippen LogP contribution is -2.17. The van der Waals surface area contributed by atoms with E-state index in [9.17, 15) is 4.79 Å². The van der Waals surface area contributed by atoms with Crippen molar-refractivity contribution in [3.05, 3.63) is 86.7 Å². The number of fused-ring (bicyclic) bond motifs is 1. The first-order valence-corrected chi connectivity index (χ1v) is 9.80. The van der Waals surface area contributed by atoms with E-state index in [1.807, 2.05) is 30.3 Å². The topological polar surface area (TPSA) is 72.2 Å². The van der Waals surface area contributed by atoms with E-state index in [4.69, 9.17) is 14.7 Å². The number of benzene rings is 2. The van der Waals surface area contributed by atoms with E-state index < -0.39 is 0 Å². The first-order chi connectivity index (χ1) is 13.7. The zero-order valence-electron chi connectivity index (χ0n) is 14.8. The number of rotatable bonds is 4. The first-order valence-electron chi connectivity index (χ1n) is 8.72. The van der Waals surface area contributed by atoms with Gasteiger partial charge in [-0.25, -0.2) is 0 Å². The van der Waals surface area contributed by atoms with Gasteiger partial charge in [0.2, 0.25) is 0 Å². The first kappa shape index (κ1) is 18.4. The Bertz CT molecular complexity index is 1060. The van der Waals surface area contributed by atoms with E-state index in [1.54, 1.807) is 30.6 Å². The van der Waals surface area contributed by atoms with Gasteiger partial charge in [0.15, 0.2) is 5.78 Å². The zero-order chi connectivity index (χ0) is 19.5. The molecule has 0 spiro atoms. The van der Waals surface area contributed by atoms with Crippen LogP contribution in [0.3, 0.4) is 0 Å². The van der Waals surface area contributed by atoms with E-state index in [2.05, 4.69) is 33.6 Å². The molecule has 0 saturated carbocycles. The van der Waals surface area contributed by atoms with Crippen molar-refractivity contribution in [1.29, 1.82) is 5.26 Å². The summed E-state index contributed by atoms with van der Waals surface area (Å²) in [5.74, 6) is 1.31. The normalized spacial score (nSPS) is 13.8. The molecule has 1 aliphatic heterocycles. The number of halogens is 1. The molecule has 0 radical (unpaired) electrons. The summed E-state index contributed by atoms with van der Waals surface area (Å²) >= 11 is 2.16. The van der Waals surface area contributed by atoms with Crippen molar-refractivity contribution in [2.24, 2.45) is 0 Å². The predicted molar refractivity (Wildman–Crippen MR) is 111 cm³/mol. The fourth-order valence-corrected chi connectivity index (χ4v) is 3.85. The molecule has 1 atom stereocenters. The summed E-state index contributed by atoms with van der Waals surface area (Å²) in [6, 6.07) is 16.8. The molecule has 0 aliphatic carbocycles. The third-order valence-electron chi connectivity index (χ3n) is 4.53. The Hall–Kier alpha value is -2.92. The van der Waals surface area contributed by atoms with Gasteiger partial charge in [0.05, 0.1) is 27.4 Å². The highest BCUT2D eigenvalue weighted by Gasteiger charge is 2.25. The van der Waals surface area contributed by atoms with Gasteiger partial charge in [-0.1, -0.05) is 12.1 Å². The highest BCUT2D eigenvalue weighted by molar-refractivity contribution is 14.1. The fourth-order valence-electron chi connectivity index (χ4n) is 3.10. The number of pyridine rings is 1. The molecular formula is C22H15IN2O3. The minimum absolute atomic E-state index is 0.0866. The maximum absolute atomic E-state index is 12.1. The molecule has 1 aliphatic rings. The molecule has 5 nitrogen and oxygen atoms in total. The van der Waals surface area contributed by atoms with Crippen molar-refractivity contribution in [2.45, 2.75) is 12.5 Å². The summed E-state index contributed by atoms with van der Waals surface area (Å²) in [4.78, 5) is 16.2. The van der Waals surface area contributed by atoms with Crippen molar-refractivity contribution in [3.8, 4) is 17.6 Å². The lowest BCUT2D eigenvalue weighted by molar-refractivity contribution is 0.0932. The summed E-state index contributed by atoms with van der Waals surface area (Å²) in [6.07, 6.45) is 3.44. The molecule has 3 aromatic rings. The summed E-state index contributed by atoms with van der Waals surface area (Å²) in [5, 5.41) is 9.06. The molecule has 28 heavy (non-hydrogen) atoms. The largest absolute Gasteiger partial charge is 0.491 e. The number of hydrogen-bond donors (Lipinski definition) is 0. The molecule has 6 heteroatoms. The molecule has 0 fully saturated rings. The molecule has 2 heterocycles. The molecule has 0 N–H and O–H groups in total. The van der Waals surface area contributed by atoms with E-state index in [0.717, 1.165) is 14.7 Å². The average molecular weight is 482 g/mol. The quantitative estimate of drug-likeness (QED) is 0.505. The van der Waals surface area contributed by atoms with Crippen molar-refractivity contribution >= 4 is 28.4 Å².